The van der Waals surface area contributed by atoms with E-state index in [1.807, 2.05) is 23.6 Å². The first-order valence-corrected chi connectivity index (χ1v) is 8.69. The number of nitrogens with zero attached hydrogens (tertiary/aromatic N) is 1. The summed E-state index contributed by atoms with van der Waals surface area (Å²) in [6.07, 6.45) is 1.45. The highest BCUT2D eigenvalue weighted by Gasteiger charge is 2.18. The van der Waals surface area contributed by atoms with Gasteiger partial charge in [-0.3, -0.25) is 4.79 Å². The van der Waals surface area contributed by atoms with E-state index in [0.29, 0.717) is 16.9 Å². The predicted molar refractivity (Wildman–Crippen MR) is 101 cm³/mol. The molecule has 0 radical (unpaired) electrons. The van der Waals surface area contributed by atoms with Crippen LogP contribution in [-0.4, -0.2) is 5.91 Å². The van der Waals surface area contributed by atoms with E-state index >= 15 is 0 Å². The van der Waals surface area contributed by atoms with E-state index < -0.39 is 0 Å². The number of carbonyl (C=O) groups excluding carboxylic acids is 1. The van der Waals surface area contributed by atoms with Gasteiger partial charge in [0.2, 0.25) is 0 Å². The van der Waals surface area contributed by atoms with Crippen LogP contribution in [0, 0.1) is 17.1 Å². The molecule has 0 atom stereocenters. The summed E-state index contributed by atoms with van der Waals surface area (Å²) in [5.74, 6) is -0.573. The molecule has 0 saturated carbocycles. The summed E-state index contributed by atoms with van der Waals surface area (Å²) in [5, 5.41) is 17.1. The molecule has 4 nitrogen and oxygen atoms in total. The molecule has 1 aliphatic heterocycles. The van der Waals surface area contributed by atoms with E-state index in [-0.39, 0.29) is 11.7 Å². The van der Waals surface area contributed by atoms with Crippen molar-refractivity contribution in [2.24, 2.45) is 0 Å². The molecule has 126 valence electrons. The lowest BCUT2D eigenvalue weighted by Crippen LogP contribution is -2.07. The normalized spacial score (nSPS) is 12.9. The van der Waals surface area contributed by atoms with Crippen molar-refractivity contribution in [3.63, 3.8) is 0 Å². The molecule has 0 bridgehead atoms. The van der Waals surface area contributed by atoms with E-state index in [2.05, 4.69) is 16.7 Å². The molecule has 1 aliphatic rings. The molecule has 0 unspecified atom stereocenters. The van der Waals surface area contributed by atoms with Crippen LogP contribution in [0.5, 0.6) is 0 Å². The number of carbonyl (C=O) groups is 1. The number of hydrogen-bond donors (Lipinski definition) is 2. The Morgan fingerprint density at radius 3 is 2.50 bits per heavy atom. The lowest BCUT2D eigenvalue weighted by atomic mass is 10.0. The first kappa shape index (κ1) is 16.1. The highest BCUT2D eigenvalue weighted by molar-refractivity contribution is 7.11. The second-order valence-corrected chi connectivity index (χ2v) is 6.63. The third-order valence-electron chi connectivity index (χ3n) is 4.03. The maximum Gasteiger partial charge on any atom is 0.250 e. The third kappa shape index (κ3) is 2.96. The van der Waals surface area contributed by atoms with Gasteiger partial charge in [-0.1, -0.05) is 18.2 Å². The number of thiophene rings is 1. The highest BCUT2D eigenvalue weighted by Crippen LogP contribution is 2.35. The van der Waals surface area contributed by atoms with Gasteiger partial charge in [-0.05, 0) is 46.8 Å². The van der Waals surface area contributed by atoms with Crippen molar-refractivity contribution in [2.75, 3.05) is 10.6 Å². The number of halogens is 1. The van der Waals surface area contributed by atoms with Gasteiger partial charge in [-0.15, -0.1) is 11.3 Å². The smallest absolute Gasteiger partial charge is 0.250 e. The van der Waals surface area contributed by atoms with Crippen LogP contribution in [0.4, 0.5) is 15.8 Å². The van der Waals surface area contributed by atoms with Gasteiger partial charge in [-0.25, -0.2) is 4.39 Å². The topological polar surface area (TPSA) is 64.9 Å². The first-order chi connectivity index (χ1) is 12.6. The summed E-state index contributed by atoms with van der Waals surface area (Å²) in [7, 11) is 0. The van der Waals surface area contributed by atoms with Gasteiger partial charge in [-0.2, -0.15) is 5.26 Å². The monoisotopic (exact) mass is 361 g/mol. The third-order valence-corrected chi connectivity index (χ3v) is 4.98. The standard InChI is InChI=1S/C20H12FN3OS/c21-15-4-1-12(2-5-15)13-3-6-16-17(9-13)24-19(25)10-18(23-16)20-14(11-22)7-8-26-20/h1-10,23H,(H,24,25). The van der Waals surface area contributed by atoms with Gasteiger partial charge >= 0.3 is 0 Å². The van der Waals surface area contributed by atoms with E-state index in [1.165, 1.54) is 29.5 Å². The van der Waals surface area contributed by atoms with Crippen molar-refractivity contribution in [2.45, 2.75) is 0 Å². The molecule has 4 rings (SSSR count). The number of amides is 1. The van der Waals surface area contributed by atoms with Crippen LogP contribution in [0.3, 0.4) is 0 Å². The van der Waals surface area contributed by atoms with Crippen LogP contribution in [0.15, 0.2) is 60.0 Å². The van der Waals surface area contributed by atoms with Crippen molar-refractivity contribution in [3.8, 4) is 17.2 Å². The minimum absolute atomic E-state index is 0.278. The van der Waals surface area contributed by atoms with Crippen LogP contribution in [-0.2, 0) is 4.79 Å². The Bertz CT molecular complexity index is 1080. The van der Waals surface area contributed by atoms with E-state index in [9.17, 15) is 14.4 Å². The molecule has 0 saturated heterocycles. The van der Waals surface area contributed by atoms with Crippen molar-refractivity contribution < 1.29 is 9.18 Å². The minimum Gasteiger partial charge on any atom is -0.352 e. The van der Waals surface area contributed by atoms with Gasteiger partial charge in [0, 0.05) is 6.08 Å². The molecule has 1 aromatic heterocycles. The minimum atomic E-state index is -0.295. The van der Waals surface area contributed by atoms with Crippen LogP contribution >= 0.6 is 11.3 Å². The Morgan fingerprint density at radius 1 is 0.962 bits per heavy atom. The van der Waals surface area contributed by atoms with E-state index in [1.54, 1.807) is 18.2 Å². The summed E-state index contributed by atoms with van der Waals surface area (Å²) in [4.78, 5) is 13.0. The maximum absolute atomic E-state index is 13.1. The number of anilines is 2. The molecule has 2 heterocycles. The number of benzene rings is 2. The van der Waals surface area contributed by atoms with Crippen LogP contribution in [0.2, 0.25) is 0 Å². The fraction of sp³-hybridized carbons (Fsp3) is 0. The summed E-state index contributed by atoms with van der Waals surface area (Å²) in [6.45, 7) is 0. The van der Waals surface area contributed by atoms with Crippen LogP contribution in [0.1, 0.15) is 10.4 Å². The molecule has 2 aromatic carbocycles. The average molecular weight is 361 g/mol. The molecule has 0 spiro atoms. The van der Waals surface area contributed by atoms with E-state index in [0.717, 1.165) is 21.7 Å². The molecular weight excluding hydrogens is 349 g/mol. The second kappa shape index (κ2) is 6.47. The van der Waals surface area contributed by atoms with Gasteiger partial charge in [0.05, 0.1) is 27.5 Å². The zero-order chi connectivity index (χ0) is 18.1. The molecular formula is C20H12FN3OS. The lowest BCUT2D eigenvalue weighted by molar-refractivity contribution is -0.111. The Labute approximate surface area is 153 Å². The van der Waals surface area contributed by atoms with Crippen molar-refractivity contribution >= 4 is 34.3 Å². The predicted octanol–water partition coefficient (Wildman–Crippen LogP) is 4.83. The molecule has 2 N–H and O–H groups in total. The quantitative estimate of drug-likeness (QED) is 0.687. The zero-order valence-corrected chi connectivity index (χ0v) is 14.2. The lowest BCUT2D eigenvalue weighted by Gasteiger charge is -2.12. The average Bonchev–Trinajstić information content (AvgIpc) is 3.05. The van der Waals surface area contributed by atoms with Gasteiger partial charge < -0.3 is 10.6 Å². The largest absolute Gasteiger partial charge is 0.352 e. The summed E-state index contributed by atoms with van der Waals surface area (Å²) in [6, 6.07) is 15.6. The summed E-state index contributed by atoms with van der Waals surface area (Å²) < 4.78 is 13.1. The number of rotatable bonds is 2. The Hall–Kier alpha value is -3.43. The van der Waals surface area contributed by atoms with Gasteiger partial charge in [0.1, 0.15) is 11.9 Å². The van der Waals surface area contributed by atoms with Crippen LogP contribution in [0.25, 0.3) is 16.8 Å². The zero-order valence-electron chi connectivity index (χ0n) is 13.4. The van der Waals surface area contributed by atoms with Crippen LogP contribution < -0.4 is 10.6 Å². The number of nitriles is 1. The second-order valence-electron chi connectivity index (χ2n) is 5.71. The molecule has 6 heteroatoms. The van der Waals surface area contributed by atoms with E-state index in [4.69, 9.17) is 0 Å². The Kier molecular flexibility index (Phi) is 3.99. The summed E-state index contributed by atoms with van der Waals surface area (Å²) in [5.41, 5.74) is 4.17. The fourth-order valence-electron chi connectivity index (χ4n) is 2.79. The van der Waals surface area contributed by atoms with Crippen molar-refractivity contribution in [3.05, 3.63) is 76.2 Å². The number of hydrogen-bond acceptors (Lipinski definition) is 4. The fourth-order valence-corrected chi connectivity index (χ4v) is 3.61. The SMILES string of the molecule is N#Cc1ccsc1C1=CC(=O)Nc2cc(-c3ccc(F)cc3)ccc2N1. The summed E-state index contributed by atoms with van der Waals surface area (Å²) >= 11 is 1.40. The molecule has 1 amide bonds. The molecule has 0 aliphatic carbocycles. The van der Waals surface area contributed by atoms with Crippen molar-refractivity contribution in [1.29, 1.82) is 5.26 Å². The van der Waals surface area contributed by atoms with Gasteiger partial charge in [0.15, 0.2) is 0 Å². The number of fused-ring (bicyclic) bond motifs is 1. The first-order valence-electron chi connectivity index (χ1n) is 7.82. The Morgan fingerprint density at radius 2 is 1.73 bits per heavy atom. The number of nitrogens with one attached hydrogen (secondary N) is 2. The van der Waals surface area contributed by atoms with Crippen molar-refractivity contribution in [1.82, 2.24) is 0 Å². The molecule has 26 heavy (non-hydrogen) atoms. The molecule has 0 fully saturated rings. The molecule has 3 aromatic rings. The van der Waals surface area contributed by atoms with Gasteiger partial charge in [0.25, 0.3) is 5.91 Å². The maximum atomic E-state index is 13.1. The highest BCUT2D eigenvalue weighted by atomic mass is 32.1. The Balaban J connectivity index is 1.72.